The van der Waals surface area contributed by atoms with Crippen LogP contribution in [-0.2, 0) is 95.9 Å². The Balaban J connectivity index is 0.0000548. The summed E-state index contributed by atoms with van der Waals surface area (Å²) < 4.78 is 0. The molecule has 149 heavy (non-hydrogen) atoms. The molecule has 0 unspecified atom stereocenters. The van der Waals surface area contributed by atoms with Crippen molar-refractivity contribution in [1.82, 2.24) is 119 Å². The smallest absolute Gasteiger partial charge is 0.317 e. The first-order valence-corrected chi connectivity index (χ1v) is 48.7. The van der Waals surface area contributed by atoms with E-state index in [1.807, 2.05) is 0 Å². The van der Waals surface area contributed by atoms with E-state index in [0.717, 1.165) is 0 Å². The monoisotopic (exact) mass is 2700 g/mol. The summed E-state index contributed by atoms with van der Waals surface area (Å²) in [5, 5.41) is 130. The molecule has 0 bridgehead atoms. The van der Waals surface area contributed by atoms with Crippen molar-refractivity contribution in [3.05, 3.63) is 0 Å². The Morgan fingerprint density at radius 3 is 0.349 bits per heavy atom. The third-order valence-electron chi connectivity index (χ3n) is 25.1. The zero-order valence-electron chi connectivity index (χ0n) is 86.3. The quantitative estimate of drug-likeness (QED) is 0.0269. The minimum atomic E-state index is -1.90. The molecule has 4 aliphatic heterocycles. The van der Waals surface area contributed by atoms with Gasteiger partial charge in [0.25, 0.3) is 0 Å². The molecule has 856 valence electrons. The van der Waals surface area contributed by atoms with Crippen molar-refractivity contribution in [2.75, 3.05) is 367 Å². The molecule has 4 aliphatic rings. The molecular weight excluding hydrogens is 2550 g/mol. The standard InChI is InChI=1S/C89H156N24O32.4Gd/c1-65(2)110(73(118)45-94-9-17-98(49-77(122)123)25-33-106(57-85(138)139)34-26-99(18-10-94)50-78(124)125)41-69(114)90-61-89(62-91-70(115)42-111(66(3)4)74(119)46-95-11-19-100(51-79(126)127)27-35-107(58-86(140)141)36-28-101(20-12-95)52-80(128)129,63-92-71(116)43-112(67(5)6)75(120)47-96-13-21-102(53-81(130)131)29-37-108(59-87(142)143)38-30-103(22-14-96)54-82(132)133)64-93-72(117)44-113(68(7)8)76(121)48-97-15-23-104(55-83(134)135)31-39-109(60-88(144)145)40-32-105(24-16-97)56-84(136)137;;;;/h65-68H,9-64H2,1-8H3,(H,90,114)(H,91,115)(H,92,116)(H,93,117)(H,122,123)(H,124,125)(H,126,127)(H,128,129)(H,130,131)(H,132,133)(H,134,135)(H,136,137)(H,138,139)(H,140,141)(H,142,143)(H,144,145);;;;. The molecule has 4 fully saturated rings. The predicted molar refractivity (Wildman–Crippen MR) is 517 cm³/mol. The number of hydrogen-bond donors (Lipinski definition) is 16. The first-order valence-electron chi connectivity index (χ1n) is 48.7. The molecule has 0 saturated carbocycles. The summed E-state index contributed by atoms with van der Waals surface area (Å²) in [4.78, 5) is 296. The summed E-state index contributed by atoms with van der Waals surface area (Å²) >= 11 is 0. The van der Waals surface area contributed by atoms with Gasteiger partial charge in [0.15, 0.2) is 0 Å². The van der Waals surface area contributed by atoms with Crippen LogP contribution in [0.15, 0.2) is 0 Å². The van der Waals surface area contributed by atoms with Crippen molar-refractivity contribution in [2.24, 2.45) is 5.41 Å². The van der Waals surface area contributed by atoms with E-state index in [-0.39, 0.29) is 369 Å². The second-order valence-corrected chi connectivity index (χ2v) is 38.2. The Hall–Kier alpha value is -5.94. The minimum absolute atomic E-state index is 0. The molecule has 16 N–H and O–H groups in total. The number of hydrogen-bond acceptors (Lipinski definition) is 36. The van der Waals surface area contributed by atoms with E-state index in [2.05, 4.69) is 21.3 Å². The second-order valence-electron chi connectivity index (χ2n) is 38.2. The molecule has 0 aliphatic carbocycles. The number of carboxylic acids is 12. The number of carbonyl (C=O) groups excluding carboxylic acids is 8. The molecule has 56 nitrogen and oxygen atoms in total. The molecule has 0 spiro atoms. The summed E-state index contributed by atoms with van der Waals surface area (Å²) in [5.74, 6) is -20.5. The summed E-state index contributed by atoms with van der Waals surface area (Å²) in [6.07, 6.45) is 0. The predicted octanol–water partition coefficient (Wildman–Crippen LogP) is -10.7. The summed E-state index contributed by atoms with van der Waals surface area (Å²) in [5.41, 5.74) is -1.90. The number of rotatable bonds is 52. The van der Waals surface area contributed by atoms with Crippen molar-refractivity contribution in [1.29, 1.82) is 0 Å². The van der Waals surface area contributed by atoms with E-state index >= 15 is 19.2 Å². The van der Waals surface area contributed by atoms with Gasteiger partial charge in [-0.25, -0.2) is 0 Å². The third-order valence-corrected chi connectivity index (χ3v) is 25.1. The van der Waals surface area contributed by atoms with Gasteiger partial charge < -0.3 is 102 Å². The molecular formula is C89H156Gd4N24O32. The number of nitrogens with zero attached hydrogens (tertiary/aromatic N) is 20. The van der Waals surface area contributed by atoms with E-state index in [1.165, 1.54) is 19.6 Å². The van der Waals surface area contributed by atoms with Crippen molar-refractivity contribution in [3.8, 4) is 0 Å². The van der Waals surface area contributed by atoms with Crippen molar-refractivity contribution >= 4 is 119 Å². The Kier molecular flexibility index (Phi) is 73.6. The van der Waals surface area contributed by atoms with Gasteiger partial charge in [-0.1, -0.05) is 0 Å². The number of nitrogens with one attached hydrogen (secondary N) is 4. The van der Waals surface area contributed by atoms with Crippen molar-refractivity contribution in [2.45, 2.75) is 79.6 Å². The fourth-order valence-corrected chi connectivity index (χ4v) is 16.9. The van der Waals surface area contributed by atoms with Crippen molar-refractivity contribution < 1.29 is 317 Å². The average Bonchev–Trinajstić information content (AvgIpc) is 0.836. The molecule has 4 heterocycles. The Morgan fingerprint density at radius 2 is 0.268 bits per heavy atom. The van der Waals surface area contributed by atoms with Gasteiger partial charge in [-0.2, -0.15) is 0 Å². The molecule has 0 radical (unpaired) electrons. The maximum Gasteiger partial charge on any atom is 0.317 e. The molecule has 0 aromatic carbocycles. The van der Waals surface area contributed by atoms with E-state index in [9.17, 15) is 138 Å². The Morgan fingerprint density at radius 1 is 0.181 bits per heavy atom. The summed E-state index contributed by atoms with van der Waals surface area (Å²) in [7, 11) is 0. The zero-order valence-corrected chi connectivity index (χ0v) is 95.4. The summed E-state index contributed by atoms with van der Waals surface area (Å²) in [6.45, 7) is 1.04. The maximum absolute atomic E-state index is 15.2. The van der Waals surface area contributed by atoms with Gasteiger partial charge in [0.05, 0.1) is 131 Å². The van der Waals surface area contributed by atoms with Gasteiger partial charge in [0.2, 0.25) is 47.3 Å². The zero-order chi connectivity index (χ0) is 108. The molecule has 4 rings (SSSR count). The van der Waals surface area contributed by atoms with Gasteiger partial charge in [-0.15, -0.1) is 0 Å². The fraction of sp³-hybridized carbons (Fsp3) is 0.775. The SMILES string of the molecule is CC(C)N(CC(=O)NCC(CNC(=O)CN(C(=O)CN1CCN(CC(=O)O)CCN(CC(=O)O)CCN(CC(=O)O)CC1)C(C)C)(CNC(=O)CN(C(=O)CN1CCN(CC(=O)O)CCN(CC(=O)O)CCN(CC(=O)O)CC1)C(C)C)CNC(=O)CN(C(=O)CN1CCN(CC(=O)O)CCN(CC(=O)O)CCN(CC(=O)O)CC1)C(C)C)C(=O)CN1CCN(CC(=O)O)CCN(CC(=O)O)CCN(CC(=O)O)CC1.[Gd].[Gd].[Gd].[Gd]. The molecule has 0 aromatic heterocycles. The maximum atomic E-state index is 15.2. The topological polar surface area (TPSA) is 697 Å². The first-order chi connectivity index (χ1) is 68.2. The van der Waals surface area contributed by atoms with Crippen LogP contribution in [0.25, 0.3) is 0 Å². The van der Waals surface area contributed by atoms with Gasteiger partial charge >= 0.3 is 71.6 Å². The second kappa shape index (κ2) is 76.6. The number of carboxylic acid groups (broad SMARTS) is 12. The first kappa shape index (κ1) is 143. The fourth-order valence-electron chi connectivity index (χ4n) is 16.9. The van der Waals surface area contributed by atoms with Crippen LogP contribution in [-0.4, -0.2) is 669 Å². The minimum Gasteiger partial charge on any atom is -0.480 e. The van der Waals surface area contributed by atoms with Crippen LogP contribution in [0, 0.1) is 165 Å². The van der Waals surface area contributed by atoms with Gasteiger partial charge in [-0.3, -0.25) is 174 Å². The molecule has 0 atom stereocenters. The average molecular weight is 2700 g/mol. The Bertz CT molecular complexity index is 3620. The third kappa shape index (κ3) is 63.2. The molecule has 60 heteroatoms. The largest absolute Gasteiger partial charge is 0.480 e. The molecule has 8 amide bonds. The van der Waals surface area contributed by atoms with E-state index in [4.69, 9.17) is 0 Å². The number of amides is 8. The molecule has 0 aromatic rings. The van der Waals surface area contributed by atoms with Crippen molar-refractivity contribution in [3.63, 3.8) is 0 Å². The van der Waals surface area contributed by atoms with Gasteiger partial charge in [0.1, 0.15) is 0 Å². The summed E-state index contributed by atoms with van der Waals surface area (Å²) in [6, 6.07) is -3.11. The van der Waals surface area contributed by atoms with Crippen LogP contribution in [0.2, 0.25) is 0 Å². The van der Waals surface area contributed by atoms with E-state index in [1.54, 1.807) is 134 Å². The van der Waals surface area contributed by atoms with E-state index < -0.39 is 306 Å². The van der Waals surface area contributed by atoms with Crippen LogP contribution >= 0.6 is 0 Å². The molecule has 4 saturated heterocycles. The van der Waals surface area contributed by atoms with Crippen LogP contribution in [0.3, 0.4) is 0 Å². The number of aliphatic carboxylic acids is 12. The van der Waals surface area contributed by atoms with Crippen LogP contribution in [0.5, 0.6) is 0 Å². The van der Waals surface area contributed by atoms with E-state index in [0.29, 0.717) is 0 Å². The van der Waals surface area contributed by atoms with Crippen LogP contribution in [0.4, 0.5) is 0 Å². The van der Waals surface area contributed by atoms with Crippen LogP contribution < -0.4 is 21.3 Å². The van der Waals surface area contributed by atoms with Gasteiger partial charge in [0, 0.05) is 425 Å². The van der Waals surface area contributed by atoms with Crippen LogP contribution in [0.1, 0.15) is 55.4 Å². The number of carbonyl (C=O) groups is 20. The normalized spacial score (nSPS) is 17.6. The Labute approximate surface area is 996 Å². The van der Waals surface area contributed by atoms with Gasteiger partial charge in [-0.05, 0) is 55.4 Å².